The molecule has 6 heteroatoms. The first-order chi connectivity index (χ1) is 11.7. The van der Waals surface area contributed by atoms with E-state index in [1.54, 1.807) is 22.2 Å². The summed E-state index contributed by atoms with van der Waals surface area (Å²) in [6, 6.07) is 11.9. The van der Waals surface area contributed by atoms with Crippen LogP contribution in [0.2, 0.25) is 0 Å². The monoisotopic (exact) mass is 340 g/mol. The van der Waals surface area contributed by atoms with Crippen molar-refractivity contribution in [2.75, 3.05) is 0 Å². The summed E-state index contributed by atoms with van der Waals surface area (Å²) in [5.41, 5.74) is 2.89. The number of aryl methyl sites for hydroxylation is 1. The molecule has 24 heavy (non-hydrogen) atoms. The highest BCUT2D eigenvalue weighted by molar-refractivity contribution is 7.13. The lowest BCUT2D eigenvalue weighted by atomic mass is 10.1. The molecule has 3 rings (SSSR count). The Labute approximate surface area is 145 Å². The number of nitrogens with one attached hydrogen (secondary N) is 1. The van der Waals surface area contributed by atoms with E-state index in [0.29, 0.717) is 0 Å². The van der Waals surface area contributed by atoms with Crippen LogP contribution in [0.3, 0.4) is 0 Å². The van der Waals surface area contributed by atoms with Crippen LogP contribution in [0.25, 0.3) is 10.6 Å². The van der Waals surface area contributed by atoms with Gasteiger partial charge >= 0.3 is 0 Å². The van der Waals surface area contributed by atoms with Gasteiger partial charge in [0.2, 0.25) is 5.91 Å². The molecule has 1 aromatic carbocycles. The number of carbonyl (C=O) groups excluding carboxylic acids is 1. The molecule has 5 nitrogen and oxygen atoms in total. The number of nitrogens with zero attached hydrogens (tertiary/aromatic N) is 3. The second-order valence-electron chi connectivity index (χ2n) is 5.59. The molecule has 0 saturated carbocycles. The van der Waals surface area contributed by atoms with Crippen molar-refractivity contribution < 1.29 is 4.79 Å². The van der Waals surface area contributed by atoms with Gasteiger partial charge in [0, 0.05) is 24.2 Å². The number of thiazole rings is 1. The maximum Gasteiger partial charge on any atom is 0.226 e. The molecule has 0 aliphatic heterocycles. The van der Waals surface area contributed by atoms with Crippen LogP contribution >= 0.6 is 11.3 Å². The van der Waals surface area contributed by atoms with E-state index in [-0.39, 0.29) is 18.4 Å². The molecule has 124 valence electrons. The zero-order valence-corrected chi connectivity index (χ0v) is 14.6. The van der Waals surface area contributed by atoms with Gasteiger partial charge in [-0.1, -0.05) is 37.3 Å². The van der Waals surface area contributed by atoms with Crippen LogP contribution < -0.4 is 5.32 Å². The lowest BCUT2D eigenvalue weighted by Gasteiger charge is -2.17. The van der Waals surface area contributed by atoms with Crippen molar-refractivity contribution in [3.05, 3.63) is 59.4 Å². The number of aromatic nitrogens is 3. The lowest BCUT2D eigenvalue weighted by molar-refractivity contribution is -0.121. The summed E-state index contributed by atoms with van der Waals surface area (Å²) in [6.45, 7) is 2.05. The molecule has 1 amide bonds. The molecule has 1 unspecified atom stereocenters. The predicted molar refractivity (Wildman–Crippen MR) is 95.6 cm³/mol. The third-order valence-electron chi connectivity index (χ3n) is 3.87. The molecule has 0 fully saturated rings. The van der Waals surface area contributed by atoms with Gasteiger partial charge in [-0.25, -0.2) is 4.98 Å². The second kappa shape index (κ2) is 7.40. The number of hydrogen-bond donors (Lipinski definition) is 1. The van der Waals surface area contributed by atoms with Crippen LogP contribution in [-0.2, 0) is 18.3 Å². The van der Waals surface area contributed by atoms with Crippen LogP contribution in [0.1, 0.15) is 30.8 Å². The van der Waals surface area contributed by atoms with Gasteiger partial charge in [0.25, 0.3) is 0 Å². The Morgan fingerprint density at radius 3 is 2.75 bits per heavy atom. The maximum absolute atomic E-state index is 12.4. The minimum Gasteiger partial charge on any atom is -0.347 e. The number of carbonyl (C=O) groups is 1. The van der Waals surface area contributed by atoms with E-state index in [4.69, 9.17) is 0 Å². The van der Waals surface area contributed by atoms with Crippen LogP contribution in [0, 0.1) is 0 Å². The number of amides is 1. The Bertz CT molecular complexity index is 809. The summed E-state index contributed by atoms with van der Waals surface area (Å²) >= 11 is 1.56. The Morgan fingerprint density at radius 2 is 2.08 bits per heavy atom. The molecule has 0 radical (unpaired) electrons. The molecular formula is C18H20N4OS. The minimum absolute atomic E-state index is 0.0204. The fourth-order valence-corrected chi connectivity index (χ4v) is 3.45. The molecule has 0 saturated heterocycles. The van der Waals surface area contributed by atoms with Crippen molar-refractivity contribution in [2.45, 2.75) is 25.8 Å². The largest absolute Gasteiger partial charge is 0.347 e. The van der Waals surface area contributed by atoms with Gasteiger partial charge in [-0.15, -0.1) is 11.3 Å². The third-order valence-corrected chi connectivity index (χ3v) is 4.81. The van der Waals surface area contributed by atoms with E-state index < -0.39 is 0 Å². The summed E-state index contributed by atoms with van der Waals surface area (Å²) in [5.74, 6) is -0.0204. The number of rotatable bonds is 6. The summed E-state index contributed by atoms with van der Waals surface area (Å²) in [6.07, 6.45) is 2.85. The fourth-order valence-electron chi connectivity index (χ4n) is 2.62. The van der Waals surface area contributed by atoms with Crippen molar-refractivity contribution in [3.8, 4) is 10.6 Å². The average molecular weight is 340 g/mol. The van der Waals surface area contributed by atoms with E-state index in [1.165, 1.54) is 0 Å². The summed E-state index contributed by atoms with van der Waals surface area (Å²) in [4.78, 5) is 16.9. The van der Waals surface area contributed by atoms with E-state index in [9.17, 15) is 4.79 Å². The molecular weight excluding hydrogens is 320 g/mol. The number of hydrogen-bond acceptors (Lipinski definition) is 4. The highest BCUT2D eigenvalue weighted by Crippen LogP contribution is 2.23. The van der Waals surface area contributed by atoms with E-state index in [1.807, 2.05) is 55.7 Å². The molecule has 2 heterocycles. The van der Waals surface area contributed by atoms with Crippen LogP contribution in [-0.4, -0.2) is 20.7 Å². The molecule has 0 aliphatic carbocycles. The van der Waals surface area contributed by atoms with Crippen LogP contribution in [0.5, 0.6) is 0 Å². The first-order valence-electron chi connectivity index (χ1n) is 7.94. The first kappa shape index (κ1) is 16.4. The standard InChI is InChI=1S/C18H20N4OS/c1-3-15(16-9-10-19-22(16)2)21-17(23)11-14-12-24-18(20-14)13-7-5-4-6-8-13/h4-10,12,15H,3,11H2,1-2H3,(H,21,23). The van der Waals surface area contributed by atoms with Gasteiger partial charge in [-0.05, 0) is 12.5 Å². The van der Waals surface area contributed by atoms with Gasteiger partial charge < -0.3 is 5.32 Å². The lowest BCUT2D eigenvalue weighted by Crippen LogP contribution is -2.30. The summed E-state index contributed by atoms with van der Waals surface area (Å²) in [7, 11) is 1.89. The van der Waals surface area contributed by atoms with Crippen molar-refractivity contribution >= 4 is 17.2 Å². The van der Waals surface area contributed by atoms with Gasteiger partial charge in [-0.3, -0.25) is 9.48 Å². The topological polar surface area (TPSA) is 59.8 Å². The summed E-state index contributed by atoms with van der Waals surface area (Å²) < 4.78 is 1.80. The number of benzene rings is 1. The minimum atomic E-state index is -0.0303. The normalized spacial score (nSPS) is 12.1. The highest BCUT2D eigenvalue weighted by atomic mass is 32.1. The average Bonchev–Trinajstić information content (AvgIpc) is 3.23. The van der Waals surface area contributed by atoms with Gasteiger partial charge in [-0.2, -0.15) is 5.10 Å². The van der Waals surface area contributed by atoms with Crippen LogP contribution in [0.15, 0.2) is 48.0 Å². The molecule has 0 bridgehead atoms. The van der Waals surface area contributed by atoms with E-state index >= 15 is 0 Å². The molecule has 0 spiro atoms. The van der Waals surface area contributed by atoms with E-state index in [0.717, 1.165) is 28.4 Å². The molecule has 0 aliphatic rings. The molecule has 1 atom stereocenters. The molecule has 3 aromatic rings. The quantitative estimate of drug-likeness (QED) is 0.748. The molecule has 1 N–H and O–H groups in total. The second-order valence-corrected chi connectivity index (χ2v) is 6.45. The predicted octanol–water partition coefficient (Wildman–Crippen LogP) is 3.35. The maximum atomic E-state index is 12.4. The van der Waals surface area contributed by atoms with Gasteiger partial charge in [0.15, 0.2) is 0 Å². The van der Waals surface area contributed by atoms with Crippen molar-refractivity contribution in [1.29, 1.82) is 0 Å². The van der Waals surface area contributed by atoms with Crippen molar-refractivity contribution in [1.82, 2.24) is 20.1 Å². The third kappa shape index (κ3) is 3.71. The van der Waals surface area contributed by atoms with Gasteiger partial charge in [0.1, 0.15) is 5.01 Å². The fraction of sp³-hybridized carbons (Fsp3) is 0.278. The SMILES string of the molecule is CCC(NC(=O)Cc1csc(-c2ccccc2)n1)c1ccnn1C. The zero-order chi connectivity index (χ0) is 16.9. The summed E-state index contributed by atoms with van der Waals surface area (Å²) in [5, 5.41) is 10.1. The Balaban J connectivity index is 1.65. The van der Waals surface area contributed by atoms with Gasteiger partial charge in [0.05, 0.1) is 23.9 Å². The van der Waals surface area contributed by atoms with Crippen molar-refractivity contribution in [3.63, 3.8) is 0 Å². The van der Waals surface area contributed by atoms with Crippen LogP contribution in [0.4, 0.5) is 0 Å². The smallest absolute Gasteiger partial charge is 0.226 e. The Kier molecular flexibility index (Phi) is 5.05. The Hall–Kier alpha value is -2.47. The van der Waals surface area contributed by atoms with Crippen molar-refractivity contribution in [2.24, 2.45) is 7.05 Å². The Morgan fingerprint density at radius 1 is 1.29 bits per heavy atom. The highest BCUT2D eigenvalue weighted by Gasteiger charge is 2.17. The van der Waals surface area contributed by atoms with E-state index in [2.05, 4.69) is 15.4 Å². The first-order valence-corrected chi connectivity index (χ1v) is 8.82. The molecule has 2 aromatic heterocycles. The zero-order valence-electron chi connectivity index (χ0n) is 13.8.